The van der Waals surface area contributed by atoms with Crippen molar-refractivity contribution >= 4 is 58.1 Å². The first-order valence-electron chi connectivity index (χ1n) is 15.8. The molecule has 6 unspecified atom stereocenters. The van der Waals surface area contributed by atoms with Crippen molar-refractivity contribution in [1.82, 2.24) is 0 Å². The molecule has 47 heavy (non-hydrogen) atoms. The van der Waals surface area contributed by atoms with E-state index in [1.54, 1.807) is 22.7 Å². The smallest absolute Gasteiger partial charge is 0.399 e. The summed E-state index contributed by atoms with van der Waals surface area (Å²) in [5, 5.41) is 0.862. The van der Waals surface area contributed by atoms with Crippen LogP contribution in [0.2, 0.25) is 0 Å². The summed E-state index contributed by atoms with van der Waals surface area (Å²) in [6, 6.07) is 23.8. The maximum Gasteiger partial charge on any atom is 0.399 e. The summed E-state index contributed by atoms with van der Waals surface area (Å²) in [7, 11) is 0. The molecular weight excluding hydrogens is 682 g/mol. The van der Waals surface area contributed by atoms with Gasteiger partial charge in [-0.3, -0.25) is 9.59 Å². The second-order valence-electron chi connectivity index (χ2n) is 12.2. The van der Waals surface area contributed by atoms with Gasteiger partial charge >= 0.3 is 18.1 Å². The molecule has 2 aliphatic heterocycles. The van der Waals surface area contributed by atoms with Gasteiger partial charge < -0.3 is 9.47 Å². The topological polar surface area (TPSA) is 52.6 Å². The van der Waals surface area contributed by atoms with Gasteiger partial charge in [-0.2, -0.15) is 13.2 Å². The highest BCUT2D eigenvalue weighted by Gasteiger charge is 2.49. The van der Waals surface area contributed by atoms with Gasteiger partial charge in [0.2, 0.25) is 0 Å². The number of thiophene rings is 2. The third-order valence-electron chi connectivity index (χ3n) is 8.93. The predicted octanol–water partition coefficient (Wildman–Crippen LogP) is 10.4. The van der Waals surface area contributed by atoms with Crippen LogP contribution in [0.1, 0.15) is 87.3 Å². The predicted molar refractivity (Wildman–Crippen MR) is 182 cm³/mol. The largest absolute Gasteiger partial charge is 0.456 e. The molecule has 7 rings (SSSR count). The summed E-state index contributed by atoms with van der Waals surface area (Å²) in [4.78, 5) is 31.7. The second-order valence-corrected chi connectivity index (χ2v) is 17.0. The molecular formula is C36H33F3O4S4. The number of carbonyl (C=O) groups is 2. The van der Waals surface area contributed by atoms with Gasteiger partial charge in [-0.1, -0.05) is 67.6 Å². The molecule has 0 N–H and O–H groups in total. The van der Waals surface area contributed by atoms with E-state index < -0.39 is 24.7 Å². The fraction of sp³-hybridized carbons (Fsp3) is 0.389. The van der Waals surface area contributed by atoms with E-state index in [0.717, 1.165) is 38.6 Å². The average molecular weight is 715 g/mol. The van der Waals surface area contributed by atoms with Gasteiger partial charge in [0, 0.05) is 70.9 Å². The molecule has 6 atom stereocenters. The summed E-state index contributed by atoms with van der Waals surface area (Å²) >= 11 is 7.18. The molecule has 4 nitrogen and oxygen atoms in total. The Balaban J connectivity index is 1.07. The summed E-state index contributed by atoms with van der Waals surface area (Å²) < 4.78 is 50.4. The van der Waals surface area contributed by atoms with E-state index in [4.69, 9.17) is 9.47 Å². The second kappa shape index (κ2) is 13.6. The SMILES string of the molecule is CCC(=O)OC(Cc1ccccc1)c1cc2c(s1)C1CC3Sc4cc(C(Cc5ccccc5)OC(=O)CC(F)(F)F)sc4C3CC1S2. The quantitative estimate of drug-likeness (QED) is 0.153. The number of fused-ring (bicyclic) bond motifs is 6. The maximum absolute atomic E-state index is 13.0. The normalized spacial score (nSPS) is 22.5. The Morgan fingerprint density at radius 2 is 1.19 bits per heavy atom. The van der Waals surface area contributed by atoms with Crippen molar-refractivity contribution in [3.63, 3.8) is 0 Å². The van der Waals surface area contributed by atoms with E-state index in [1.807, 2.05) is 85.0 Å². The minimum atomic E-state index is -4.61. The Hall–Kier alpha value is -2.73. The molecule has 0 spiro atoms. The third-order valence-corrected chi connectivity index (χ3v) is 14.7. The monoisotopic (exact) mass is 714 g/mol. The van der Waals surface area contributed by atoms with Crippen LogP contribution < -0.4 is 0 Å². The van der Waals surface area contributed by atoms with E-state index in [2.05, 4.69) is 18.2 Å². The van der Waals surface area contributed by atoms with Crippen molar-refractivity contribution in [2.75, 3.05) is 0 Å². The number of benzene rings is 2. The van der Waals surface area contributed by atoms with E-state index in [0.29, 0.717) is 41.6 Å². The number of hydrogen-bond acceptors (Lipinski definition) is 8. The summed E-state index contributed by atoms with van der Waals surface area (Å²) in [5.74, 6) is -0.652. The molecule has 1 aliphatic carbocycles. The Labute approximate surface area is 288 Å². The number of halogens is 3. The lowest BCUT2D eigenvalue weighted by atomic mass is 9.80. The standard InChI is InChI=1S/C36H33F3O4S4/c1-2-32(40)42-24(13-20-9-5-3-6-10-20)28-17-30-34(46-28)22-15-27-23(16-26(22)44-30)35-31(45-27)18-29(47-35)25(14-21-11-7-4-8-12-21)43-33(41)19-36(37,38)39/h3-12,17-18,22-27H,2,13-16,19H2,1H3. The van der Waals surface area contributed by atoms with Crippen molar-refractivity contribution < 1.29 is 32.2 Å². The van der Waals surface area contributed by atoms with Crippen molar-refractivity contribution in [1.29, 1.82) is 0 Å². The van der Waals surface area contributed by atoms with Crippen LogP contribution in [0, 0.1) is 0 Å². The molecule has 3 aliphatic rings. The Bertz CT molecular complexity index is 1740. The Kier molecular flexibility index (Phi) is 9.52. The minimum Gasteiger partial charge on any atom is -0.456 e. The Morgan fingerprint density at radius 3 is 1.62 bits per heavy atom. The van der Waals surface area contributed by atoms with Crippen LogP contribution in [0.15, 0.2) is 82.6 Å². The van der Waals surface area contributed by atoms with Crippen LogP contribution in [0.5, 0.6) is 0 Å². The number of hydrogen-bond donors (Lipinski definition) is 0. The van der Waals surface area contributed by atoms with E-state index in [1.165, 1.54) is 14.6 Å². The molecule has 1 fully saturated rings. The molecule has 0 radical (unpaired) electrons. The molecule has 2 aromatic heterocycles. The van der Waals surface area contributed by atoms with Crippen molar-refractivity contribution in [3.05, 3.63) is 103 Å². The van der Waals surface area contributed by atoms with Crippen LogP contribution in [-0.4, -0.2) is 28.6 Å². The zero-order chi connectivity index (χ0) is 32.7. The van der Waals surface area contributed by atoms with Gasteiger partial charge in [0.25, 0.3) is 0 Å². The first-order chi connectivity index (χ1) is 22.6. The summed E-state index contributed by atoms with van der Waals surface area (Å²) in [5.41, 5.74) is 2.04. The molecule has 0 amide bonds. The number of alkyl halides is 3. The van der Waals surface area contributed by atoms with Gasteiger partial charge in [0.15, 0.2) is 0 Å². The van der Waals surface area contributed by atoms with Crippen LogP contribution in [0.3, 0.4) is 0 Å². The lowest BCUT2D eigenvalue weighted by Crippen LogP contribution is -2.28. The molecule has 11 heteroatoms. The zero-order valence-electron chi connectivity index (χ0n) is 25.5. The van der Waals surface area contributed by atoms with E-state index in [-0.39, 0.29) is 12.1 Å². The van der Waals surface area contributed by atoms with Crippen LogP contribution in [0.4, 0.5) is 13.2 Å². The number of ether oxygens (including phenoxy) is 2. The van der Waals surface area contributed by atoms with Gasteiger partial charge in [-0.05, 0) is 36.1 Å². The lowest BCUT2D eigenvalue weighted by Gasteiger charge is -2.34. The molecule has 1 saturated carbocycles. The first kappa shape index (κ1) is 32.8. The highest BCUT2D eigenvalue weighted by molar-refractivity contribution is 8.01. The van der Waals surface area contributed by atoms with Crippen LogP contribution in [-0.2, 0) is 31.9 Å². The lowest BCUT2D eigenvalue weighted by molar-refractivity contribution is -0.175. The van der Waals surface area contributed by atoms with Gasteiger partial charge in [-0.25, -0.2) is 0 Å². The summed E-state index contributed by atoms with van der Waals surface area (Å²) in [6.45, 7) is 1.82. The van der Waals surface area contributed by atoms with E-state index >= 15 is 0 Å². The molecule has 246 valence electrons. The number of carbonyl (C=O) groups excluding carboxylic acids is 2. The van der Waals surface area contributed by atoms with Gasteiger partial charge in [0.05, 0.1) is 0 Å². The zero-order valence-corrected chi connectivity index (χ0v) is 28.8. The molecule has 0 bridgehead atoms. The number of esters is 2. The third kappa shape index (κ3) is 7.33. The minimum absolute atomic E-state index is 0.195. The maximum atomic E-state index is 13.0. The van der Waals surface area contributed by atoms with Crippen molar-refractivity contribution in [2.45, 2.75) is 96.0 Å². The van der Waals surface area contributed by atoms with Crippen LogP contribution in [0.25, 0.3) is 0 Å². The Morgan fingerprint density at radius 1 is 0.745 bits per heavy atom. The summed E-state index contributed by atoms with van der Waals surface area (Å²) in [6.07, 6.45) is -3.92. The molecule has 4 heterocycles. The van der Waals surface area contributed by atoms with Crippen LogP contribution >= 0.6 is 46.2 Å². The molecule has 2 aromatic carbocycles. The van der Waals surface area contributed by atoms with Crippen molar-refractivity contribution in [3.8, 4) is 0 Å². The highest BCUT2D eigenvalue weighted by atomic mass is 32.2. The van der Waals surface area contributed by atoms with E-state index in [9.17, 15) is 22.8 Å². The highest BCUT2D eigenvalue weighted by Crippen LogP contribution is 2.64. The molecule has 4 aromatic rings. The fourth-order valence-electron chi connectivity index (χ4n) is 6.77. The van der Waals surface area contributed by atoms with Gasteiger partial charge in [-0.15, -0.1) is 46.2 Å². The number of thioether (sulfide) groups is 2. The fourth-order valence-corrected chi connectivity index (χ4v) is 13.2. The average Bonchev–Trinajstić information content (AvgIpc) is 3.79. The van der Waals surface area contributed by atoms with Crippen molar-refractivity contribution in [2.24, 2.45) is 0 Å². The number of rotatable bonds is 10. The molecule has 0 saturated heterocycles. The first-order valence-corrected chi connectivity index (χ1v) is 19.2. The van der Waals surface area contributed by atoms with Gasteiger partial charge in [0.1, 0.15) is 18.6 Å².